The van der Waals surface area contributed by atoms with E-state index in [4.69, 9.17) is 0 Å². The minimum Gasteiger partial charge on any atom is -0.383 e. The normalized spacial score (nSPS) is 15.7. The summed E-state index contributed by atoms with van der Waals surface area (Å²) in [7, 11) is 1.88. The van der Waals surface area contributed by atoms with Gasteiger partial charge in [-0.25, -0.2) is 4.39 Å². The van der Waals surface area contributed by atoms with E-state index in [-0.39, 0.29) is 5.82 Å². The number of halogens is 1. The Hall–Kier alpha value is -2.96. The van der Waals surface area contributed by atoms with Gasteiger partial charge in [0.1, 0.15) is 5.82 Å². The Morgan fingerprint density at radius 2 is 2.03 bits per heavy atom. The highest BCUT2D eigenvalue weighted by molar-refractivity contribution is 5.64. The van der Waals surface area contributed by atoms with E-state index >= 15 is 0 Å². The fourth-order valence-electron chi connectivity index (χ4n) is 4.20. The molecule has 1 heterocycles. The topological polar surface area (TPSA) is 68.6 Å². The van der Waals surface area contributed by atoms with Crippen molar-refractivity contribution in [3.8, 4) is 0 Å². The predicted octanol–water partition coefficient (Wildman–Crippen LogP) is 4.50. The van der Waals surface area contributed by atoms with Crippen molar-refractivity contribution < 1.29 is 14.6 Å². The third-order valence-corrected chi connectivity index (χ3v) is 5.84. The number of aryl methyl sites for hydroxylation is 1. The average molecular weight is 407 g/mol. The summed E-state index contributed by atoms with van der Waals surface area (Å²) in [5.74, 6) is 0.0728. The van der Waals surface area contributed by atoms with E-state index in [2.05, 4.69) is 22.4 Å². The largest absolute Gasteiger partial charge is 0.383 e. The van der Waals surface area contributed by atoms with Crippen LogP contribution in [-0.4, -0.2) is 28.8 Å². The minimum atomic E-state index is -1.54. The molecule has 0 aliphatic heterocycles. The second-order valence-corrected chi connectivity index (χ2v) is 7.70. The van der Waals surface area contributed by atoms with Crippen molar-refractivity contribution in [3.05, 3.63) is 83.4 Å². The van der Waals surface area contributed by atoms with Crippen LogP contribution in [0.1, 0.15) is 41.7 Å². The standard InChI is InChI=1S/C24H26FN3O2/c1-28(23-8-3-2-7-21(23)25)18-9-10-19-16(13-18)5-4-6-17(19)14-27-22-15-26-12-11-20(22)24(29)30/h2-3,7-13,15,17,24,27,29-30H,4-6,14H2,1H3/t17-/m0/s1. The number of nitrogens with one attached hydrogen (secondary N) is 1. The first-order valence-corrected chi connectivity index (χ1v) is 10.2. The summed E-state index contributed by atoms with van der Waals surface area (Å²) in [5.41, 5.74) is 5.14. The van der Waals surface area contributed by atoms with Crippen LogP contribution in [0.15, 0.2) is 60.9 Å². The van der Waals surface area contributed by atoms with Gasteiger partial charge >= 0.3 is 0 Å². The number of nitrogens with zero attached hydrogens (tertiary/aromatic N) is 2. The van der Waals surface area contributed by atoms with Crippen LogP contribution in [0.2, 0.25) is 0 Å². The van der Waals surface area contributed by atoms with Crippen molar-refractivity contribution in [2.24, 2.45) is 0 Å². The number of para-hydroxylation sites is 1. The number of anilines is 3. The Morgan fingerprint density at radius 1 is 1.20 bits per heavy atom. The number of aromatic nitrogens is 1. The highest BCUT2D eigenvalue weighted by Crippen LogP contribution is 2.36. The van der Waals surface area contributed by atoms with E-state index in [0.29, 0.717) is 29.4 Å². The molecule has 0 amide bonds. The van der Waals surface area contributed by atoms with Crippen LogP contribution in [0.25, 0.3) is 0 Å². The van der Waals surface area contributed by atoms with Crippen LogP contribution < -0.4 is 10.2 Å². The second-order valence-electron chi connectivity index (χ2n) is 7.70. The summed E-state index contributed by atoms with van der Waals surface area (Å²) in [6, 6.07) is 14.7. The first-order chi connectivity index (χ1) is 14.5. The highest BCUT2D eigenvalue weighted by Gasteiger charge is 2.22. The Labute approximate surface area is 175 Å². The highest BCUT2D eigenvalue weighted by atomic mass is 19.1. The first kappa shape index (κ1) is 20.3. The molecule has 2 aromatic carbocycles. The number of fused-ring (bicyclic) bond motifs is 1. The van der Waals surface area contributed by atoms with Crippen molar-refractivity contribution in [3.63, 3.8) is 0 Å². The molecule has 4 rings (SSSR count). The summed E-state index contributed by atoms with van der Waals surface area (Å²) in [6.45, 7) is 0.681. The maximum Gasteiger partial charge on any atom is 0.180 e. The SMILES string of the molecule is CN(c1ccc2c(c1)CCC[C@H]2CNc1cnccc1C(O)O)c1ccccc1F. The molecule has 0 unspecified atom stereocenters. The van der Waals surface area contributed by atoms with Crippen LogP contribution >= 0.6 is 0 Å². The fourth-order valence-corrected chi connectivity index (χ4v) is 4.20. The Morgan fingerprint density at radius 3 is 2.83 bits per heavy atom. The summed E-state index contributed by atoms with van der Waals surface area (Å²) in [4.78, 5) is 5.96. The summed E-state index contributed by atoms with van der Waals surface area (Å²) in [5, 5.41) is 22.4. The van der Waals surface area contributed by atoms with E-state index in [0.717, 1.165) is 24.9 Å². The molecule has 0 bridgehead atoms. The number of hydrogen-bond acceptors (Lipinski definition) is 5. The van der Waals surface area contributed by atoms with E-state index in [1.807, 2.05) is 24.1 Å². The van der Waals surface area contributed by atoms with E-state index in [1.54, 1.807) is 30.6 Å². The molecule has 0 saturated carbocycles. The number of aliphatic hydroxyl groups is 2. The molecule has 1 aromatic heterocycles. The van der Waals surface area contributed by atoms with E-state index < -0.39 is 6.29 Å². The molecule has 30 heavy (non-hydrogen) atoms. The van der Waals surface area contributed by atoms with Crippen molar-refractivity contribution >= 4 is 17.1 Å². The van der Waals surface area contributed by atoms with Crippen molar-refractivity contribution in [2.45, 2.75) is 31.5 Å². The van der Waals surface area contributed by atoms with Gasteiger partial charge in [-0.2, -0.15) is 0 Å². The van der Waals surface area contributed by atoms with Gasteiger partial charge in [0.25, 0.3) is 0 Å². The van der Waals surface area contributed by atoms with Crippen molar-refractivity contribution in [2.75, 3.05) is 23.8 Å². The fraction of sp³-hybridized carbons (Fsp3) is 0.292. The monoisotopic (exact) mass is 407 g/mol. The van der Waals surface area contributed by atoms with Gasteiger partial charge in [-0.15, -0.1) is 0 Å². The zero-order valence-corrected chi connectivity index (χ0v) is 16.9. The maximum atomic E-state index is 14.2. The second kappa shape index (κ2) is 8.81. The lowest BCUT2D eigenvalue weighted by molar-refractivity contribution is -0.0419. The van der Waals surface area contributed by atoms with Gasteiger partial charge in [0.15, 0.2) is 6.29 Å². The molecule has 0 radical (unpaired) electrons. The number of hydrogen-bond donors (Lipinski definition) is 3. The number of aliphatic hydroxyl groups excluding tert-OH is 1. The Bertz CT molecular complexity index is 1020. The smallest absolute Gasteiger partial charge is 0.180 e. The first-order valence-electron chi connectivity index (χ1n) is 10.2. The van der Waals surface area contributed by atoms with Crippen LogP contribution in [0.5, 0.6) is 0 Å². The average Bonchev–Trinajstić information content (AvgIpc) is 2.77. The molecule has 1 atom stereocenters. The third-order valence-electron chi connectivity index (χ3n) is 5.84. The van der Waals surface area contributed by atoms with Gasteiger partial charge in [0.2, 0.25) is 0 Å². The predicted molar refractivity (Wildman–Crippen MR) is 116 cm³/mol. The van der Waals surface area contributed by atoms with E-state index in [9.17, 15) is 14.6 Å². The number of benzene rings is 2. The summed E-state index contributed by atoms with van der Waals surface area (Å²) < 4.78 is 14.2. The molecular weight excluding hydrogens is 381 g/mol. The molecule has 6 heteroatoms. The lowest BCUT2D eigenvalue weighted by atomic mass is 9.82. The zero-order chi connectivity index (χ0) is 21.1. The Balaban J connectivity index is 1.53. The van der Waals surface area contributed by atoms with Crippen molar-refractivity contribution in [1.82, 2.24) is 4.98 Å². The lowest BCUT2D eigenvalue weighted by Crippen LogP contribution is -2.20. The molecule has 0 fully saturated rings. The van der Waals surface area contributed by atoms with Gasteiger partial charge in [-0.05, 0) is 60.7 Å². The van der Waals surface area contributed by atoms with Gasteiger partial charge in [-0.1, -0.05) is 18.2 Å². The van der Waals surface area contributed by atoms with Gasteiger partial charge < -0.3 is 20.4 Å². The quantitative estimate of drug-likeness (QED) is 0.525. The lowest BCUT2D eigenvalue weighted by Gasteiger charge is -2.29. The van der Waals surface area contributed by atoms with Gasteiger partial charge in [0, 0.05) is 37.0 Å². The minimum absolute atomic E-state index is 0.238. The van der Waals surface area contributed by atoms with E-state index in [1.165, 1.54) is 17.2 Å². The summed E-state index contributed by atoms with van der Waals surface area (Å²) >= 11 is 0. The molecule has 1 aliphatic carbocycles. The molecule has 156 valence electrons. The molecular formula is C24H26FN3O2. The maximum absolute atomic E-state index is 14.2. The van der Waals surface area contributed by atoms with Crippen LogP contribution in [-0.2, 0) is 6.42 Å². The molecule has 0 spiro atoms. The molecule has 1 aliphatic rings. The molecule has 0 saturated heterocycles. The number of rotatable bonds is 6. The van der Waals surface area contributed by atoms with Crippen LogP contribution in [0, 0.1) is 5.82 Å². The van der Waals surface area contributed by atoms with Gasteiger partial charge in [0.05, 0.1) is 17.6 Å². The molecule has 3 N–H and O–H groups in total. The van der Waals surface area contributed by atoms with Crippen LogP contribution in [0.4, 0.5) is 21.5 Å². The molecule has 5 nitrogen and oxygen atoms in total. The third kappa shape index (κ3) is 4.15. The van der Waals surface area contributed by atoms with Crippen LogP contribution in [0.3, 0.4) is 0 Å². The number of pyridine rings is 1. The van der Waals surface area contributed by atoms with Crippen molar-refractivity contribution in [1.29, 1.82) is 0 Å². The zero-order valence-electron chi connectivity index (χ0n) is 16.9. The molecule has 3 aromatic rings. The summed E-state index contributed by atoms with van der Waals surface area (Å²) in [6.07, 6.45) is 4.76. The van der Waals surface area contributed by atoms with Gasteiger partial charge in [-0.3, -0.25) is 4.98 Å². The Kier molecular flexibility index (Phi) is 5.97.